The van der Waals surface area contributed by atoms with Gasteiger partial charge in [0.2, 0.25) is 0 Å². The van der Waals surface area contributed by atoms with Crippen molar-refractivity contribution in [2.24, 2.45) is 0 Å². The van der Waals surface area contributed by atoms with Crippen molar-refractivity contribution in [3.8, 4) is 0 Å². The molecule has 0 aliphatic heterocycles. The average Bonchev–Trinajstić information content (AvgIpc) is 2.75. The molecule has 1 unspecified atom stereocenters. The van der Waals surface area contributed by atoms with Gasteiger partial charge in [-0.3, -0.25) is 5.32 Å². The molecule has 0 spiro atoms. The summed E-state index contributed by atoms with van der Waals surface area (Å²) in [6, 6.07) is 29.8. The van der Waals surface area contributed by atoms with Crippen molar-refractivity contribution < 1.29 is 13.5 Å². The molecule has 2 N–H and O–H groups in total. The zero-order valence-electron chi connectivity index (χ0n) is 16.5. The van der Waals surface area contributed by atoms with Crippen molar-refractivity contribution in [1.29, 1.82) is 0 Å². The van der Waals surface area contributed by atoms with Crippen LogP contribution in [0.2, 0.25) is 0 Å². The fraction of sp³-hybridized carbons (Fsp3) is 0.250. The summed E-state index contributed by atoms with van der Waals surface area (Å²) in [5.41, 5.74) is 2.34. The van der Waals surface area contributed by atoms with E-state index in [9.17, 15) is 13.5 Å². The van der Waals surface area contributed by atoms with E-state index in [0.717, 1.165) is 16.7 Å². The van der Waals surface area contributed by atoms with Gasteiger partial charge in [-0.05, 0) is 23.1 Å². The molecule has 0 radical (unpaired) electrons. The van der Waals surface area contributed by atoms with Gasteiger partial charge in [0.15, 0.2) is 0 Å². The summed E-state index contributed by atoms with van der Waals surface area (Å²) in [4.78, 5) is 0. The van der Waals surface area contributed by atoms with Crippen LogP contribution in [-0.4, -0.2) is 38.2 Å². The second kappa shape index (κ2) is 9.35. The van der Waals surface area contributed by atoms with Crippen LogP contribution >= 0.6 is 0 Å². The topological polar surface area (TPSA) is 66.4 Å². The van der Waals surface area contributed by atoms with E-state index in [1.807, 2.05) is 54.6 Å². The highest BCUT2D eigenvalue weighted by molar-refractivity contribution is 7.90. The largest absolute Gasteiger partial charge is 0.395 e. The van der Waals surface area contributed by atoms with Crippen LogP contribution in [0.25, 0.3) is 0 Å². The minimum absolute atomic E-state index is 0.0136. The van der Waals surface area contributed by atoms with Crippen molar-refractivity contribution >= 4 is 9.84 Å². The predicted molar refractivity (Wildman–Crippen MR) is 118 cm³/mol. The second-order valence-electron chi connectivity index (χ2n) is 7.29. The molecule has 0 saturated carbocycles. The predicted octanol–water partition coefficient (Wildman–Crippen LogP) is 3.36. The summed E-state index contributed by atoms with van der Waals surface area (Å²) in [6.45, 7) is -0.163. The fourth-order valence-electron chi connectivity index (χ4n) is 3.69. The Hall–Kier alpha value is -2.47. The Morgan fingerprint density at radius 3 is 1.48 bits per heavy atom. The zero-order valence-corrected chi connectivity index (χ0v) is 17.3. The van der Waals surface area contributed by atoms with Crippen LogP contribution in [-0.2, 0) is 15.4 Å². The molecule has 152 valence electrons. The Morgan fingerprint density at radius 1 is 0.793 bits per heavy atom. The molecule has 0 aliphatic carbocycles. The summed E-state index contributed by atoms with van der Waals surface area (Å²) in [5.74, 6) is 0.0136. The monoisotopic (exact) mass is 409 g/mol. The van der Waals surface area contributed by atoms with Crippen LogP contribution in [0.4, 0.5) is 0 Å². The van der Waals surface area contributed by atoms with E-state index in [1.165, 1.54) is 6.26 Å². The Bertz CT molecular complexity index is 893. The van der Waals surface area contributed by atoms with Crippen molar-refractivity contribution in [3.63, 3.8) is 0 Å². The minimum Gasteiger partial charge on any atom is -0.395 e. The van der Waals surface area contributed by atoms with Crippen LogP contribution in [0, 0.1) is 0 Å². The third-order valence-electron chi connectivity index (χ3n) is 5.10. The van der Waals surface area contributed by atoms with Crippen molar-refractivity contribution in [2.45, 2.75) is 18.0 Å². The van der Waals surface area contributed by atoms with Crippen molar-refractivity contribution in [2.75, 3.05) is 18.6 Å². The second-order valence-corrected chi connectivity index (χ2v) is 9.55. The lowest BCUT2D eigenvalue weighted by atomic mass is 9.76. The lowest BCUT2D eigenvalue weighted by Crippen LogP contribution is -2.51. The zero-order chi connectivity index (χ0) is 20.7. The van der Waals surface area contributed by atoms with Crippen molar-refractivity contribution in [3.05, 3.63) is 108 Å². The first-order chi connectivity index (χ1) is 14.0. The maximum absolute atomic E-state index is 11.7. The Morgan fingerprint density at radius 2 is 1.17 bits per heavy atom. The Balaban J connectivity index is 2.16. The van der Waals surface area contributed by atoms with Gasteiger partial charge in [-0.2, -0.15) is 0 Å². The van der Waals surface area contributed by atoms with E-state index in [2.05, 4.69) is 41.7 Å². The SMILES string of the molecule is CS(=O)(=O)CCC(CO)NC(c1ccccc1)(c1ccccc1)c1ccccc1. The Labute approximate surface area is 173 Å². The van der Waals surface area contributed by atoms with Crippen LogP contribution in [0.1, 0.15) is 23.1 Å². The number of rotatable bonds is 9. The van der Waals surface area contributed by atoms with Crippen LogP contribution in [0.3, 0.4) is 0 Å². The van der Waals surface area contributed by atoms with Crippen molar-refractivity contribution in [1.82, 2.24) is 5.32 Å². The van der Waals surface area contributed by atoms with E-state index in [1.54, 1.807) is 0 Å². The van der Waals surface area contributed by atoms with E-state index >= 15 is 0 Å². The minimum atomic E-state index is -3.13. The van der Waals surface area contributed by atoms with Gasteiger partial charge in [0.25, 0.3) is 0 Å². The molecule has 0 amide bonds. The van der Waals surface area contributed by atoms with Gasteiger partial charge in [-0.25, -0.2) is 8.42 Å². The standard InChI is InChI=1S/C24H27NO3S/c1-29(27,28)18-17-23(19-26)25-24(20-11-5-2-6-12-20,21-13-7-3-8-14-21)22-15-9-4-10-16-22/h2-16,23,25-26H,17-19H2,1H3. The third-order valence-corrected chi connectivity index (χ3v) is 6.08. The first-order valence-corrected chi connectivity index (χ1v) is 11.7. The van der Waals surface area contributed by atoms with E-state index < -0.39 is 21.4 Å². The molecule has 0 aromatic heterocycles. The number of nitrogens with one attached hydrogen (secondary N) is 1. The van der Waals surface area contributed by atoms with Crippen LogP contribution in [0.15, 0.2) is 91.0 Å². The van der Waals surface area contributed by atoms with E-state index in [0.29, 0.717) is 6.42 Å². The van der Waals surface area contributed by atoms with E-state index in [4.69, 9.17) is 0 Å². The molecule has 0 saturated heterocycles. The molecular formula is C24H27NO3S. The summed E-state index contributed by atoms with van der Waals surface area (Å²) in [5, 5.41) is 13.7. The van der Waals surface area contributed by atoms with Gasteiger partial charge in [-0.15, -0.1) is 0 Å². The molecule has 0 aliphatic rings. The molecule has 0 fully saturated rings. The molecule has 1 atom stereocenters. The third kappa shape index (κ3) is 5.12. The number of benzene rings is 3. The quantitative estimate of drug-likeness (QED) is 0.532. The highest BCUT2D eigenvalue weighted by Crippen LogP contribution is 2.37. The van der Waals surface area contributed by atoms with E-state index in [-0.39, 0.29) is 12.4 Å². The van der Waals surface area contributed by atoms with Gasteiger partial charge in [0, 0.05) is 12.3 Å². The number of aliphatic hydroxyl groups is 1. The molecule has 29 heavy (non-hydrogen) atoms. The summed E-state index contributed by atoms with van der Waals surface area (Å²) >= 11 is 0. The summed E-state index contributed by atoms with van der Waals surface area (Å²) in [6.07, 6.45) is 1.55. The maximum atomic E-state index is 11.7. The molecule has 0 bridgehead atoms. The molecule has 5 heteroatoms. The maximum Gasteiger partial charge on any atom is 0.147 e. The average molecular weight is 410 g/mol. The van der Waals surface area contributed by atoms with Gasteiger partial charge in [0.05, 0.1) is 17.9 Å². The van der Waals surface area contributed by atoms with Crippen LogP contribution < -0.4 is 5.32 Å². The molecular weight excluding hydrogens is 382 g/mol. The van der Waals surface area contributed by atoms with Crippen LogP contribution in [0.5, 0.6) is 0 Å². The van der Waals surface area contributed by atoms with Gasteiger partial charge in [-0.1, -0.05) is 91.0 Å². The molecule has 3 aromatic rings. The van der Waals surface area contributed by atoms with Gasteiger partial charge in [0.1, 0.15) is 9.84 Å². The highest BCUT2D eigenvalue weighted by Gasteiger charge is 2.37. The lowest BCUT2D eigenvalue weighted by molar-refractivity contribution is 0.219. The summed E-state index contributed by atoms with van der Waals surface area (Å²) < 4.78 is 23.4. The molecule has 4 nitrogen and oxygen atoms in total. The number of sulfone groups is 1. The highest BCUT2D eigenvalue weighted by atomic mass is 32.2. The number of hydrogen-bond acceptors (Lipinski definition) is 4. The number of aliphatic hydroxyl groups excluding tert-OH is 1. The fourth-order valence-corrected chi connectivity index (χ4v) is 4.40. The summed E-state index contributed by atoms with van der Waals surface area (Å²) in [7, 11) is -3.13. The first kappa shape index (κ1) is 21.2. The normalized spacial score (nSPS) is 13.2. The molecule has 3 aromatic carbocycles. The first-order valence-electron chi connectivity index (χ1n) is 9.68. The van der Waals surface area contributed by atoms with Gasteiger partial charge >= 0.3 is 0 Å². The lowest BCUT2D eigenvalue weighted by Gasteiger charge is -2.40. The molecule has 0 heterocycles. The Kier molecular flexibility index (Phi) is 6.85. The number of hydrogen-bond donors (Lipinski definition) is 2. The molecule has 3 rings (SSSR count). The van der Waals surface area contributed by atoms with Gasteiger partial charge < -0.3 is 5.11 Å². The smallest absolute Gasteiger partial charge is 0.147 e.